The van der Waals surface area contributed by atoms with E-state index in [-0.39, 0.29) is 5.56 Å². The number of hydrogen-bond acceptors (Lipinski definition) is 2. The van der Waals surface area contributed by atoms with Crippen molar-refractivity contribution in [2.45, 2.75) is 13.8 Å². The van der Waals surface area contributed by atoms with Crippen LogP contribution in [0, 0.1) is 5.92 Å². The van der Waals surface area contributed by atoms with E-state index in [1.54, 1.807) is 18.2 Å². The summed E-state index contributed by atoms with van der Waals surface area (Å²) in [6.45, 7) is 5.11. The molecule has 0 bridgehead atoms. The smallest absolute Gasteiger partial charge is 0.336 e. The number of carbonyl (C=O) groups is 1. The minimum Gasteiger partial charge on any atom is -0.478 e. The van der Waals surface area contributed by atoms with E-state index in [4.69, 9.17) is 5.11 Å². The van der Waals surface area contributed by atoms with Crippen LogP contribution in [0.3, 0.4) is 0 Å². The van der Waals surface area contributed by atoms with Gasteiger partial charge >= 0.3 is 5.97 Å². The van der Waals surface area contributed by atoms with Crippen LogP contribution in [-0.4, -0.2) is 17.6 Å². The Bertz CT molecular complexity index is 364. The quantitative estimate of drug-likeness (QED) is 0.884. The highest BCUT2D eigenvalue weighted by molar-refractivity contribution is 9.10. The second-order valence-corrected chi connectivity index (χ2v) is 4.63. The molecule has 0 saturated carbocycles. The van der Waals surface area contributed by atoms with Gasteiger partial charge in [-0.3, -0.25) is 0 Å². The van der Waals surface area contributed by atoms with Crippen LogP contribution in [0.1, 0.15) is 24.2 Å². The molecule has 1 aromatic rings. The molecule has 82 valence electrons. The molecule has 0 aliphatic heterocycles. The summed E-state index contributed by atoms with van der Waals surface area (Å²) in [7, 11) is 0. The fourth-order valence-corrected chi connectivity index (χ4v) is 1.67. The van der Waals surface area contributed by atoms with E-state index in [1.165, 1.54) is 0 Å². The van der Waals surface area contributed by atoms with Crippen LogP contribution in [0.15, 0.2) is 22.7 Å². The Morgan fingerprint density at radius 2 is 2.20 bits per heavy atom. The van der Waals surface area contributed by atoms with Crippen molar-refractivity contribution in [3.05, 3.63) is 28.2 Å². The Morgan fingerprint density at radius 3 is 2.67 bits per heavy atom. The van der Waals surface area contributed by atoms with Crippen molar-refractivity contribution in [2.75, 3.05) is 11.9 Å². The molecule has 0 saturated heterocycles. The van der Waals surface area contributed by atoms with Gasteiger partial charge in [-0.15, -0.1) is 0 Å². The number of aromatic carboxylic acids is 1. The van der Waals surface area contributed by atoms with Crippen molar-refractivity contribution in [3.8, 4) is 0 Å². The van der Waals surface area contributed by atoms with Crippen molar-refractivity contribution in [3.63, 3.8) is 0 Å². The summed E-state index contributed by atoms with van der Waals surface area (Å²) in [6, 6.07) is 5.15. The van der Waals surface area contributed by atoms with Crippen LogP contribution in [0.25, 0.3) is 0 Å². The van der Waals surface area contributed by atoms with Crippen LogP contribution in [-0.2, 0) is 0 Å². The number of nitrogens with one attached hydrogen (secondary N) is 1. The molecule has 0 spiro atoms. The maximum Gasteiger partial charge on any atom is 0.336 e. The third kappa shape index (κ3) is 3.55. The molecule has 0 amide bonds. The molecule has 0 aliphatic rings. The Hall–Kier alpha value is -1.03. The van der Waals surface area contributed by atoms with Gasteiger partial charge in [0, 0.05) is 16.7 Å². The summed E-state index contributed by atoms with van der Waals surface area (Å²) < 4.78 is 0.601. The van der Waals surface area contributed by atoms with Gasteiger partial charge < -0.3 is 10.4 Å². The van der Waals surface area contributed by atoms with Crippen molar-refractivity contribution < 1.29 is 9.90 Å². The zero-order chi connectivity index (χ0) is 11.4. The van der Waals surface area contributed by atoms with Crippen LogP contribution < -0.4 is 5.32 Å². The van der Waals surface area contributed by atoms with Crippen molar-refractivity contribution in [1.82, 2.24) is 0 Å². The fourth-order valence-electron chi connectivity index (χ4n) is 1.12. The molecular weight excluding hydrogens is 258 g/mol. The number of hydrogen-bond donors (Lipinski definition) is 2. The first kappa shape index (κ1) is 12.0. The minimum absolute atomic E-state index is 0.282. The molecule has 0 atom stereocenters. The molecule has 0 heterocycles. The Morgan fingerprint density at radius 1 is 1.53 bits per heavy atom. The highest BCUT2D eigenvalue weighted by atomic mass is 79.9. The maximum absolute atomic E-state index is 10.7. The monoisotopic (exact) mass is 271 g/mol. The van der Waals surface area contributed by atoms with E-state index >= 15 is 0 Å². The molecule has 0 unspecified atom stereocenters. The van der Waals surface area contributed by atoms with Gasteiger partial charge in [-0.25, -0.2) is 4.79 Å². The standard InChI is InChI=1S/C11H14BrNO2/c1-7(2)6-13-8-3-4-9(11(14)15)10(12)5-8/h3-5,7,13H,6H2,1-2H3,(H,14,15). The zero-order valence-electron chi connectivity index (χ0n) is 8.75. The Labute approximate surface area is 97.6 Å². The van der Waals surface area contributed by atoms with Crippen LogP contribution in [0.5, 0.6) is 0 Å². The highest BCUT2D eigenvalue weighted by Crippen LogP contribution is 2.21. The van der Waals surface area contributed by atoms with Gasteiger partial charge in [0.15, 0.2) is 0 Å². The molecule has 15 heavy (non-hydrogen) atoms. The molecule has 3 nitrogen and oxygen atoms in total. The van der Waals surface area contributed by atoms with Gasteiger partial charge in [0.2, 0.25) is 0 Å². The topological polar surface area (TPSA) is 49.3 Å². The first-order valence-corrected chi connectivity index (χ1v) is 5.56. The third-order valence-corrected chi connectivity index (χ3v) is 2.57. The summed E-state index contributed by atoms with van der Waals surface area (Å²) in [5.41, 5.74) is 1.21. The number of anilines is 1. The lowest BCUT2D eigenvalue weighted by molar-refractivity contribution is 0.0696. The van der Waals surface area contributed by atoms with E-state index in [0.717, 1.165) is 12.2 Å². The second-order valence-electron chi connectivity index (χ2n) is 3.77. The summed E-state index contributed by atoms with van der Waals surface area (Å²) in [6.07, 6.45) is 0. The summed E-state index contributed by atoms with van der Waals surface area (Å²) >= 11 is 3.23. The normalized spacial score (nSPS) is 10.4. The summed E-state index contributed by atoms with van der Waals surface area (Å²) in [5.74, 6) is -0.361. The third-order valence-electron chi connectivity index (χ3n) is 1.91. The van der Waals surface area contributed by atoms with E-state index in [9.17, 15) is 4.79 Å². The first-order chi connectivity index (χ1) is 7.00. The molecule has 4 heteroatoms. The van der Waals surface area contributed by atoms with Gasteiger partial charge in [0.25, 0.3) is 0 Å². The van der Waals surface area contributed by atoms with E-state index < -0.39 is 5.97 Å². The zero-order valence-corrected chi connectivity index (χ0v) is 10.3. The van der Waals surface area contributed by atoms with Crippen LogP contribution >= 0.6 is 15.9 Å². The molecule has 1 aromatic carbocycles. The SMILES string of the molecule is CC(C)CNc1ccc(C(=O)O)c(Br)c1. The number of carboxylic acids is 1. The number of rotatable bonds is 4. The molecule has 0 aliphatic carbocycles. The predicted octanol–water partition coefficient (Wildman–Crippen LogP) is 3.22. The van der Waals surface area contributed by atoms with Gasteiger partial charge in [-0.1, -0.05) is 13.8 Å². The fraction of sp³-hybridized carbons (Fsp3) is 0.364. The van der Waals surface area contributed by atoms with Gasteiger partial charge in [-0.05, 0) is 40.0 Å². The van der Waals surface area contributed by atoms with Crippen molar-refractivity contribution in [2.24, 2.45) is 5.92 Å². The molecule has 2 N–H and O–H groups in total. The van der Waals surface area contributed by atoms with Crippen molar-refractivity contribution >= 4 is 27.6 Å². The average Bonchev–Trinajstić information content (AvgIpc) is 2.14. The molecular formula is C11H14BrNO2. The molecule has 0 aromatic heterocycles. The lowest BCUT2D eigenvalue weighted by Crippen LogP contribution is -2.08. The van der Waals surface area contributed by atoms with E-state index in [1.807, 2.05) is 0 Å². The second kappa shape index (κ2) is 5.16. The summed E-state index contributed by atoms with van der Waals surface area (Å²) in [4.78, 5) is 10.7. The van der Waals surface area contributed by atoms with Gasteiger partial charge in [0.1, 0.15) is 0 Å². The molecule has 0 fully saturated rings. The maximum atomic E-state index is 10.7. The predicted molar refractivity (Wildman–Crippen MR) is 64.4 cm³/mol. The van der Waals surface area contributed by atoms with E-state index in [0.29, 0.717) is 10.4 Å². The lowest BCUT2D eigenvalue weighted by atomic mass is 10.2. The van der Waals surface area contributed by atoms with Crippen molar-refractivity contribution in [1.29, 1.82) is 0 Å². The van der Waals surface area contributed by atoms with Gasteiger partial charge in [-0.2, -0.15) is 0 Å². The number of halogens is 1. The Balaban J connectivity index is 2.78. The first-order valence-electron chi connectivity index (χ1n) is 4.77. The van der Waals surface area contributed by atoms with Crippen LogP contribution in [0.4, 0.5) is 5.69 Å². The average molecular weight is 272 g/mol. The summed E-state index contributed by atoms with van der Waals surface area (Å²) in [5, 5.41) is 12.1. The number of carboxylic acid groups (broad SMARTS) is 1. The molecule has 0 radical (unpaired) electrons. The van der Waals surface area contributed by atoms with Gasteiger partial charge in [0.05, 0.1) is 5.56 Å². The minimum atomic E-state index is -0.919. The lowest BCUT2D eigenvalue weighted by Gasteiger charge is -2.09. The van der Waals surface area contributed by atoms with E-state index in [2.05, 4.69) is 35.1 Å². The molecule has 1 rings (SSSR count). The Kier molecular flexibility index (Phi) is 4.15. The van der Waals surface area contributed by atoms with Crippen LogP contribution in [0.2, 0.25) is 0 Å². The highest BCUT2D eigenvalue weighted by Gasteiger charge is 2.08. The number of benzene rings is 1. The largest absolute Gasteiger partial charge is 0.478 e.